The van der Waals surface area contributed by atoms with Gasteiger partial charge >= 0.3 is 5.97 Å². The van der Waals surface area contributed by atoms with Gasteiger partial charge in [-0.05, 0) is 42.7 Å². The Morgan fingerprint density at radius 2 is 1.73 bits per heavy atom. The van der Waals surface area contributed by atoms with Crippen molar-refractivity contribution in [1.29, 1.82) is 0 Å². The first kappa shape index (κ1) is 22.4. The summed E-state index contributed by atoms with van der Waals surface area (Å²) in [7, 11) is 0. The lowest BCUT2D eigenvalue weighted by atomic mass is 10.1. The molecule has 4 aromatic rings. The Kier molecular flexibility index (Phi) is 6.93. The van der Waals surface area contributed by atoms with E-state index in [1.165, 1.54) is 21.8 Å². The Balaban J connectivity index is 1.33. The number of rotatable bonds is 10. The molecule has 1 aromatic heterocycles. The SMILES string of the molecule is CCC(Oc1ccc(CC=NOCCn2c3ccccc3c3ccccc32)cc1C)C(=O)O. The van der Waals surface area contributed by atoms with Crippen LogP contribution in [-0.2, 0) is 22.6 Å². The fourth-order valence-electron chi connectivity index (χ4n) is 4.06. The van der Waals surface area contributed by atoms with Crippen molar-refractivity contribution in [2.45, 2.75) is 39.3 Å². The van der Waals surface area contributed by atoms with Crippen LogP contribution in [0.3, 0.4) is 0 Å². The van der Waals surface area contributed by atoms with Crippen LogP contribution in [0, 0.1) is 6.92 Å². The molecule has 0 aliphatic heterocycles. The van der Waals surface area contributed by atoms with Gasteiger partial charge in [0.25, 0.3) is 0 Å². The van der Waals surface area contributed by atoms with Crippen LogP contribution >= 0.6 is 0 Å². The molecule has 0 aliphatic rings. The Hall–Kier alpha value is -3.80. The standard InChI is InChI=1S/C27H28N2O4/c1-3-25(27(30)31)33-26-13-12-20(18-19(26)2)14-15-28-32-17-16-29-23-10-6-4-8-21(23)22-9-5-7-11-24(22)29/h4-13,15,18,25H,3,14,16-17H2,1-2H3,(H,30,31). The molecule has 0 aliphatic carbocycles. The lowest BCUT2D eigenvalue weighted by Crippen LogP contribution is -2.26. The summed E-state index contributed by atoms with van der Waals surface area (Å²) < 4.78 is 7.87. The molecule has 1 unspecified atom stereocenters. The molecule has 4 rings (SSSR count). The van der Waals surface area contributed by atoms with E-state index in [9.17, 15) is 9.90 Å². The molecule has 1 N–H and O–H groups in total. The van der Waals surface area contributed by atoms with Crippen molar-refractivity contribution in [3.05, 3.63) is 77.9 Å². The average Bonchev–Trinajstić information content (AvgIpc) is 3.14. The van der Waals surface area contributed by atoms with Gasteiger partial charge in [-0.25, -0.2) is 4.79 Å². The molecule has 0 saturated heterocycles. The molecule has 170 valence electrons. The number of ether oxygens (including phenoxy) is 1. The maximum atomic E-state index is 11.2. The summed E-state index contributed by atoms with van der Waals surface area (Å²) in [5.41, 5.74) is 4.33. The minimum Gasteiger partial charge on any atom is -0.479 e. The van der Waals surface area contributed by atoms with E-state index in [2.05, 4.69) is 58.3 Å². The molecular formula is C27H28N2O4. The highest BCUT2D eigenvalue weighted by Crippen LogP contribution is 2.28. The number of fused-ring (bicyclic) bond motifs is 3. The predicted octanol–water partition coefficient (Wildman–Crippen LogP) is 5.59. The van der Waals surface area contributed by atoms with E-state index >= 15 is 0 Å². The van der Waals surface area contributed by atoms with Crippen LogP contribution in [0.1, 0.15) is 24.5 Å². The number of benzene rings is 3. The molecule has 0 spiro atoms. The topological polar surface area (TPSA) is 73.0 Å². The fourth-order valence-corrected chi connectivity index (χ4v) is 4.06. The molecule has 6 heteroatoms. The van der Waals surface area contributed by atoms with Gasteiger partial charge in [0.2, 0.25) is 0 Å². The van der Waals surface area contributed by atoms with Gasteiger partial charge in [0.15, 0.2) is 6.10 Å². The van der Waals surface area contributed by atoms with E-state index in [4.69, 9.17) is 9.57 Å². The summed E-state index contributed by atoms with van der Waals surface area (Å²) in [5.74, 6) is -0.362. The van der Waals surface area contributed by atoms with E-state index in [0.29, 0.717) is 31.7 Å². The highest BCUT2D eigenvalue weighted by molar-refractivity contribution is 6.07. The molecule has 0 amide bonds. The zero-order valence-corrected chi connectivity index (χ0v) is 18.9. The molecule has 1 atom stereocenters. The summed E-state index contributed by atoms with van der Waals surface area (Å²) in [6, 6.07) is 22.5. The molecule has 3 aromatic carbocycles. The van der Waals surface area contributed by atoms with Crippen molar-refractivity contribution in [2.75, 3.05) is 6.61 Å². The number of nitrogens with zero attached hydrogens (tertiary/aromatic N) is 2. The Morgan fingerprint density at radius 3 is 2.33 bits per heavy atom. The highest BCUT2D eigenvalue weighted by Gasteiger charge is 2.17. The van der Waals surface area contributed by atoms with Crippen LogP contribution in [0.25, 0.3) is 21.8 Å². The lowest BCUT2D eigenvalue weighted by molar-refractivity contribution is -0.145. The quantitative estimate of drug-likeness (QED) is 0.197. The Bertz CT molecular complexity index is 1240. The van der Waals surface area contributed by atoms with E-state index in [-0.39, 0.29) is 0 Å². The summed E-state index contributed by atoms with van der Waals surface area (Å²) in [6.45, 7) is 4.88. The molecular weight excluding hydrogens is 416 g/mol. The van der Waals surface area contributed by atoms with Crippen LogP contribution in [-0.4, -0.2) is 34.6 Å². The molecule has 0 fully saturated rings. The van der Waals surface area contributed by atoms with Crippen LogP contribution in [0.4, 0.5) is 0 Å². The third-order valence-corrected chi connectivity index (χ3v) is 5.72. The van der Waals surface area contributed by atoms with Crippen molar-refractivity contribution in [2.24, 2.45) is 5.16 Å². The van der Waals surface area contributed by atoms with E-state index in [1.807, 2.05) is 25.1 Å². The molecule has 1 heterocycles. The third-order valence-electron chi connectivity index (χ3n) is 5.72. The maximum Gasteiger partial charge on any atom is 0.344 e. The second kappa shape index (κ2) is 10.2. The minimum atomic E-state index is -0.953. The number of carbonyl (C=O) groups is 1. The van der Waals surface area contributed by atoms with Gasteiger partial charge in [-0.3, -0.25) is 0 Å². The lowest BCUT2D eigenvalue weighted by Gasteiger charge is -2.15. The van der Waals surface area contributed by atoms with Crippen LogP contribution in [0.2, 0.25) is 0 Å². The number of hydrogen-bond acceptors (Lipinski definition) is 4. The summed E-state index contributed by atoms with van der Waals surface area (Å²) >= 11 is 0. The molecule has 0 radical (unpaired) electrons. The van der Waals surface area contributed by atoms with Crippen LogP contribution < -0.4 is 4.74 Å². The molecule has 6 nitrogen and oxygen atoms in total. The monoisotopic (exact) mass is 444 g/mol. The second-order valence-corrected chi connectivity index (χ2v) is 7.96. The van der Waals surface area contributed by atoms with Gasteiger partial charge < -0.3 is 19.2 Å². The number of carboxylic acids is 1. The van der Waals surface area contributed by atoms with Gasteiger partial charge in [0.1, 0.15) is 12.4 Å². The Labute approximate surface area is 193 Å². The zero-order chi connectivity index (χ0) is 23.2. The predicted molar refractivity (Wildman–Crippen MR) is 131 cm³/mol. The van der Waals surface area contributed by atoms with Gasteiger partial charge in [-0.1, -0.05) is 60.6 Å². The largest absolute Gasteiger partial charge is 0.479 e. The van der Waals surface area contributed by atoms with Gasteiger partial charge in [0.05, 0.1) is 6.54 Å². The number of oxime groups is 1. The number of aromatic nitrogens is 1. The van der Waals surface area contributed by atoms with Crippen molar-refractivity contribution in [3.8, 4) is 5.75 Å². The number of carboxylic acid groups (broad SMARTS) is 1. The van der Waals surface area contributed by atoms with Gasteiger partial charge in [-0.15, -0.1) is 0 Å². The first-order valence-electron chi connectivity index (χ1n) is 11.2. The first-order valence-corrected chi connectivity index (χ1v) is 11.2. The normalized spacial score (nSPS) is 12.4. The number of aryl methyl sites for hydroxylation is 1. The molecule has 0 saturated carbocycles. The Morgan fingerprint density at radius 1 is 1.06 bits per heavy atom. The maximum absolute atomic E-state index is 11.2. The third kappa shape index (κ3) is 5.00. The molecule has 33 heavy (non-hydrogen) atoms. The minimum absolute atomic E-state index is 0.412. The van der Waals surface area contributed by atoms with Gasteiger partial charge in [-0.2, -0.15) is 0 Å². The van der Waals surface area contributed by atoms with Crippen molar-refractivity contribution >= 4 is 34.0 Å². The van der Waals surface area contributed by atoms with E-state index < -0.39 is 12.1 Å². The summed E-state index contributed by atoms with van der Waals surface area (Å²) in [5, 5.41) is 15.8. The smallest absolute Gasteiger partial charge is 0.344 e. The van der Waals surface area contributed by atoms with E-state index in [1.54, 1.807) is 13.1 Å². The van der Waals surface area contributed by atoms with E-state index in [0.717, 1.165) is 11.1 Å². The zero-order valence-electron chi connectivity index (χ0n) is 18.9. The van der Waals surface area contributed by atoms with Crippen molar-refractivity contribution in [3.63, 3.8) is 0 Å². The summed E-state index contributed by atoms with van der Waals surface area (Å²) in [4.78, 5) is 16.7. The number of hydrogen-bond donors (Lipinski definition) is 1. The van der Waals surface area contributed by atoms with Gasteiger partial charge in [0, 0.05) is 34.4 Å². The second-order valence-electron chi connectivity index (χ2n) is 7.96. The van der Waals surface area contributed by atoms with Crippen LogP contribution in [0.5, 0.6) is 5.75 Å². The first-order chi connectivity index (χ1) is 16.1. The number of aliphatic carboxylic acids is 1. The number of para-hydroxylation sites is 2. The highest BCUT2D eigenvalue weighted by atomic mass is 16.6. The van der Waals surface area contributed by atoms with Crippen molar-refractivity contribution < 1.29 is 19.5 Å². The van der Waals surface area contributed by atoms with Crippen molar-refractivity contribution in [1.82, 2.24) is 4.57 Å². The fraction of sp³-hybridized carbons (Fsp3) is 0.259. The van der Waals surface area contributed by atoms with Crippen LogP contribution in [0.15, 0.2) is 71.9 Å². The molecule has 0 bridgehead atoms. The summed E-state index contributed by atoms with van der Waals surface area (Å²) in [6.07, 6.45) is 1.94. The average molecular weight is 445 g/mol.